The van der Waals surface area contributed by atoms with Crippen LogP contribution < -0.4 is 4.72 Å². The van der Waals surface area contributed by atoms with Crippen molar-refractivity contribution in [3.8, 4) is 0 Å². The third-order valence-electron chi connectivity index (χ3n) is 1.38. The second-order valence-corrected chi connectivity index (χ2v) is 4.83. The minimum atomic E-state index is -3.63. The van der Waals surface area contributed by atoms with Crippen molar-refractivity contribution < 1.29 is 12.8 Å². The fourth-order valence-corrected chi connectivity index (χ4v) is 2.14. The largest absolute Gasteiger partial charge is 0.260 e. The molecule has 4 nitrogen and oxygen atoms in total. The number of rotatable bonds is 3. The van der Waals surface area contributed by atoms with Crippen molar-refractivity contribution in [2.24, 2.45) is 0 Å². The van der Waals surface area contributed by atoms with E-state index >= 15 is 0 Å². The molecule has 1 heterocycles. The molecule has 0 aromatic carbocycles. The predicted molar refractivity (Wildman–Crippen MR) is 49.7 cm³/mol. The monoisotopic (exact) mass is 218 g/mol. The van der Waals surface area contributed by atoms with Crippen LogP contribution >= 0.6 is 0 Å². The van der Waals surface area contributed by atoms with Gasteiger partial charge in [-0.05, 0) is 19.9 Å². The highest BCUT2D eigenvalue weighted by Crippen LogP contribution is 2.08. The van der Waals surface area contributed by atoms with Gasteiger partial charge in [0, 0.05) is 12.2 Å². The average Bonchev–Trinajstić information content (AvgIpc) is 2.01. The van der Waals surface area contributed by atoms with E-state index in [0.717, 1.165) is 18.5 Å². The standard InChI is InChI=1S/C8H11FN2O2S/c1-6(2)11-14(12,13)8-3-7(9)4-10-5-8/h3-6,11H,1-2H3. The molecule has 0 aliphatic rings. The minimum absolute atomic E-state index is 0.161. The highest BCUT2D eigenvalue weighted by Gasteiger charge is 2.15. The lowest BCUT2D eigenvalue weighted by molar-refractivity contribution is 0.565. The molecular weight excluding hydrogens is 207 g/mol. The average molecular weight is 218 g/mol. The molecule has 0 fully saturated rings. The van der Waals surface area contributed by atoms with Gasteiger partial charge in [-0.3, -0.25) is 4.98 Å². The molecule has 0 bridgehead atoms. The topological polar surface area (TPSA) is 59.1 Å². The van der Waals surface area contributed by atoms with Crippen molar-refractivity contribution in [1.82, 2.24) is 9.71 Å². The zero-order valence-corrected chi connectivity index (χ0v) is 8.68. The molecule has 78 valence electrons. The first-order valence-electron chi connectivity index (χ1n) is 4.05. The summed E-state index contributed by atoms with van der Waals surface area (Å²) in [6.07, 6.45) is 2.06. The van der Waals surface area contributed by atoms with Crippen LogP contribution in [0.3, 0.4) is 0 Å². The van der Waals surface area contributed by atoms with Crippen LogP contribution in [-0.2, 0) is 10.0 Å². The van der Waals surface area contributed by atoms with Crippen molar-refractivity contribution in [3.63, 3.8) is 0 Å². The molecule has 6 heteroatoms. The Hall–Kier alpha value is -1.01. The Morgan fingerprint density at radius 3 is 2.57 bits per heavy atom. The lowest BCUT2D eigenvalue weighted by Crippen LogP contribution is -2.30. The van der Waals surface area contributed by atoms with Crippen LogP contribution in [-0.4, -0.2) is 19.4 Å². The number of halogens is 1. The zero-order chi connectivity index (χ0) is 10.8. The molecule has 1 rings (SSSR count). The van der Waals surface area contributed by atoms with Gasteiger partial charge in [-0.2, -0.15) is 0 Å². The van der Waals surface area contributed by atoms with Crippen molar-refractivity contribution in [2.45, 2.75) is 24.8 Å². The van der Waals surface area contributed by atoms with E-state index in [4.69, 9.17) is 0 Å². The molecular formula is C8H11FN2O2S. The molecule has 0 unspecified atom stereocenters. The van der Waals surface area contributed by atoms with Crippen LogP contribution in [0.5, 0.6) is 0 Å². The summed E-state index contributed by atoms with van der Waals surface area (Å²) in [6, 6.07) is 0.695. The number of hydrogen-bond donors (Lipinski definition) is 1. The van der Waals surface area contributed by atoms with E-state index in [9.17, 15) is 12.8 Å². The quantitative estimate of drug-likeness (QED) is 0.820. The fraction of sp³-hybridized carbons (Fsp3) is 0.375. The Bertz CT molecular complexity index is 417. The van der Waals surface area contributed by atoms with E-state index in [-0.39, 0.29) is 10.9 Å². The summed E-state index contributed by atoms with van der Waals surface area (Å²) >= 11 is 0. The van der Waals surface area contributed by atoms with Gasteiger partial charge in [-0.25, -0.2) is 17.5 Å². The Labute approximate surface area is 82.2 Å². The highest BCUT2D eigenvalue weighted by molar-refractivity contribution is 7.89. The maximum absolute atomic E-state index is 12.7. The molecule has 0 amide bonds. The van der Waals surface area contributed by atoms with Gasteiger partial charge in [-0.15, -0.1) is 0 Å². The van der Waals surface area contributed by atoms with E-state index in [2.05, 4.69) is 9.71 Å². The molecule has 0 atom stereocenters. The van der Waals surface area contributed by atoms with Gasteiger partial charge < -0.3 is 0 Å². The number of hydrogen-bond acceptors (Lipinski definition) is 3. The molecule has 14 heavy (non-hydrogen) atoms. The molecule has 0 aliphatic heterocycles. The van der Waals surface area contributed by atoms with Crippen molar-refractivity contribution in [1.29, 1.82) is 0 Å². The summed E-state index contributed by atoms with van der Waals surface area (Å²) in [5.41, 5.74) is 0. The summed E-state index contributed by atoms with van der Waals surface area (Å²) in [6.45, 7) is 3.37. The number of sulfonamides is 1. The molecule has 1 aromatic rings. The molecule has 1 aromatic heterocycles. The lowest BCUT2D eigenvalue weighted by atomic mass is 10.4. The Balaban J connectivity index is 3.05. The molecule has 0 aliphatic carbocycles. The summed E-state index contributed by atoms with van der Waals surface area (Å²) in [4.78, 5) is 3.30. The SMILES string of the molecule is CC(C)NS(=O)(=O)c1cncc(F)c1. The van der Waals surface area contributed by atoms with Crippen molar-refractivity contribution in [2.75, 3.05) is 0 Å². The van der Waals surface area contributed by atoms with E-state index in [0.29, 0.717) is 0 Å². The van der Waals surface area contributed by atoms with Crippen LogP contribution in [0, 0.1) is 5.82 Å². The predicted octanol–water partition coefficient (Wildman–Crippen LogP) is 0.907. The van der Waals surface area contributed by atoms with Gasteiger partial charge in [-0.1, -0.05) is 0 Å². The Morgan fingerprint density at radius 2 is 2.07 bits per heavy atom. The summed E-state index contributed by atoms with van der Waals surface area (Å²) in [5, 5.41) is 0. The third-order valence-corrected chi connectivity index (χ3v) is 3.01. The van der Waals surface area contributed by atoms with E-state index in [1.165, 1.54) is 0 Å². The van der Waals surface area contributed by atoms with Gasteiger partial charge in [0.15, 0.2) is 0 Å². The van der Waals surface area contributed by atoms with Crippen molar-refractivity contribution in [3.05, 3.63) is 24.3 Å². The number of nitrogens with zero attached hydrogens (tertiary/aromatic N) is 1. The third kappa shape index (κ3) is 2.74. The summed E-state index contributed by atoms with van der Waals surface area (Å²) in [7, 11) is -3.63. The first-order chi connectivity index (χ1) is 6.42. The Kier molecular flexibility index (Phi) is 3.17. The van der Waals surface area contributed by atoms with Gasteiger partial charge in [0.1, 0.15) is 10.7 Å². The second-order valence-electron chi connectivity index (χ2n) is 3.11. The van der Waals surface area contributed by atoms with Gasteiger partial charge in [0.05, 0.1) is 6.20 Å². The maximum Gasteiger partial charge on any atom is 0.242 e. The molecule has 1 N–H and O–H groups in total. The number of pyridine rings is 1. The lowest BCUT2D eigenvalue weighted by Gasteiger charge is -2.08. The van der Waals surface area contributed by atoms with Crippen molar-refractivity contribution >= 4 is 10.0 Å². The molecule has 0 saturated carbocycles. The smallest absolute Gasteiger partial charge is 0.242 e. The summed E-state index contributed by atoms with van der Waals surface area (Å²) < 4.78 is 38.0. The second kappa shape index (κ2) is 4.02. The van der Waals surface area contributed by atoms with Gasteiger partial charge in [0.25, 0.3) is 0 Å². The van der Waals surface area contributed by atoms with E-state index in [1.807, 2.05) is 0 Å². The number of aromatic nitrogens is 1. The first-order valence-corrected chi connectivity index (χ1v) is 5.53. The van der Waals surface area contributed by atoms with Crippen LogP contribution in [0.1, 0.15) is 13.8 Å². The number of nitrogens with one attached hydrogen (secondary N) is 1. The van der Waals surface area contributed by atoms with Crippen LogP contribution in [0.15, 0.2) is 23.4 Å². The van der Waals surface area contributed by atoms with Gasteiger partial charge >= 0.3 is 0 Å². The van der Waals surface area contributed by atoms with Crippen LogP contribution in [0.25, 0.3) is 0 Å². The highest BCUT2D eigenvalue weighted by atomic mass is 32.2. The normalized spacial score (nSPS) is 12.0. The Morgan fingerprint density at radius 1 is 1.43 bits per heavy atom. The van der Waals surface area contributed by atoms with Gasteiger partial charge in [0.2, 0.25) is 10.0 Å². The molecule has 0 radical (unpaired) electrons. The maximum atomic E-state index is 12.7. The first kappa shape index (κ1) is 11.1. The van der Waals surface area contributed by atoms with E-state index in [1.54, 1.807) is 13.8 Å². The minimum Gasteiger partial charge on any atom is -0.260 e. The molecule has 0 spiro atoms. The van der Waals surface area contributed by atoms with Crippen LogP contribution in [0.4, 0.5) is 4.39 Å². The van der Waals surface area contributed by atoms with E-state index < -0.39 is 15.8 Å². The fourth-order valence-electron chi connectivity index (χ4n) is 0.918. The van der Waals surface area contributed by atoms with Crippen LogP contribution in [0.2, 0.25) is 0 Å². The molecule has 0 saturated heterocycles. The zero-order valence-electron chi connectivity index (χ0n) is 7.86. The summed E-state index contributed by atoms with van der Waals surface area (Å²) in [5.74, 6) is -0.670.